The molecule has 19 heteroatoms. The average Bonchev–Trinajstić information content (AvgIpc) is 3.73. The fourth-order valence-electron chi connectivity index (χ4n) is 6.95. The van der Waals surface area contributed by atoms with Crippen LogP contribution in [0.3, 0.4) is 0 Å². The van der Waals surface area contributed by atoms with Crippen molar-refractivity contribution in [2.75, 3.05) is 78.3 Å². The predicted octanol–water partition coefficient (Wildman–Crippen LogP) is 4.10. The smallest absolute Gasteiger partial charge is 0.409 e. The van der Waals surface area contributed by atoms with Crippen molar-refractivity contribution in [2.24, 2.45) is 10.8 Å². The van der Waals surface area contributed by atoms with Gasteiger partial charge >= 0.3 is 18.0 Å². The Labute approximate surface area is 359 Å². The number of piperazine rings is 1. The number of nitrogens with one attached hydrogen (secondary N) is 3. The second kappa shape index (κ2) is 21.4. The van der Waals surface area contributed by atoms with E-state index in [0.717, 1.165) is 19.3 Å². The molecule has 0 unspecified atom stereocenters. The number of benzene rings is 1. The Morgan fingerprint density at radius 2 is 1.41 bits per heavy atom. The molecule has 1 aromatic carbocycles. The first kappa shape index (κ1) is 49.0. The highest BCUT2D eigenvalue weighted by molar-refractivity contribution is 7.60. The molecule has 0 bridgehead atoms. The van der Waals surface area contributed by atoms with Crippen molar-refractivity contribution in [3.8, 4) is 11.4 Å². The van der Waals surface area contributed by atoms with E-state index in [-0.39, 0.29) is 50.4 Å². The van der Waals surface area contributed by atoms with Gasteiger partial charge in [0, 0.05) is 58.0 Å². The minimum absolute atomic E-state index is 0.0361. The lowest BCUT2D eigenvalue weighted by Crippen LogP contribution is -2.59. The zero-order valence-corrected chi connectivity index (χ0v) is 38.2. The number of rotatable bonds is 17. The van der Waals surface area contributed by atoms with Crippen molar-refractivity contribution in [3.63, 3.8) is 0 Å². The summed E-state index contributed by atoms with van der Waals surface area (Å²) in [7, 11) is -0.255. The lowest BCUT2D eigenvalue weighted by molar-refractivity contribution is -0.145. The Morgan fingerprint density at radius 3 is 1.92 bits per heavy atom. The average molecular weight is 873 g/mol. The van der Waals surface area contributed by atoms with Gasteiger partial charge in [0.2, 0.25) is 13.4 Å². The van der Waals surface area contributed by atoms with E-state index in [2.05, 4.69) is 20.5 Å². The molecule has 338 valence electrons. The van der Waals surface area contributed by atoms with E-state index in [0.29, 0.717) is 24.5 Å². The maximum absolute atomic E-state index is 15.6. The van der Waals surface area contributed by atoms with Crippen molar-refractivity contribution in [3.05, 3.63) is 42.1 Å². The summed E-state index contributed by atoms with van der Waals surface area (Å²) in [5.74, 6) is -2.06. The Hall–Kier alpha value is -4.64. The minimum Gasteiger partial charge on any atom is -0.468 e. The summed E-state index contributed by atoms with van der Waals surface area (Å²) in [5, 5.41) is 8.75. The van der Waals surface area contributed by atoms with Gasteiger partial charge in [0.1, 0.15) is 29.6 Å². The number of nitrogens with zero attached hydrogens (tertiary/aromatic N) is 5. The number of amides is 3. The summed E-state index contributed by atoms with van der Waals surface area (Å²) >= 11 is 0. The van der Waals surface area contributed by atoms with Gasteiger partial charge in [0.25, 0.3) is 5.91 Å². The van der Waals surface area contributed by atoms with Gasteiger partial charge < -0.3 is 39.0 Å². The Bertz CT molecular complexity index is 1840. The summed E-state index contributed by atoms with van der Waals surface area (Å²) in [5.41, 5.74) is -1.15. The molecule has 0 saturated carbocycles. The highest BCUT2D eigenvalue weighted by Gasteiger charge is 2.46. The maximum atomic E-state index is 15.6. The third-order valence-corrected chi connectivity index (χ3v) is 12.9. The lowest BCUT2D eigenvalue weighted by atomic mass is 9.87. The number of hydrogen-bond donors (Lipinski definition) is 3. The molecule has 4 atom stereocenters. The van der Waals surface area contributed by atoms with Gasteiger partial charge in [-0.3, -0.25) is 23.7 Å². The molecule has 1 aromatic heterocycles. The second-order valence-corrected chi connectivity index (χ2v) is 19.9. The summed E-state index contributed by atoms with van der Waals surface area (Å²) in [6, 6.07) is 6.79. The zero-order valence-electron chi connectivity index (χ0n) is 37.3. The number of carbonyl (C=O) groups is 5. The van der Waals surface area contributed by atoms with E-state index in [1.54, 1.807) is 54.7 Å². The second-order valence-electron chi connectivity index (χ2n) is 17.5. The molecule has 3 heterocycles. The number of esters is 2. The Balaban J connectivity index is 1.80. The van der Waals surface area contributed by atoms with Crippen molar-refractivity contribution in [1.82, 2.24) is 35.3 Å². The fourth-order valence-corrected chi connectivity index (χ4v) is 9.82. The standard InChI is InChI=1S/C42H65N8O10P/c1-11-12-24-60-40(55)49-22-20-48(21-23-49)37(52)31(27-61(56,46-33(38(53)58-9)41(2,3)4)47-34(39(54)59-10)42(5,6)7)44-36(51)30-25-32(50-19-18-29(26-50)57-8)45-35(43-30)28-16-14-13-15-17-28/h13-17,25,29,31,33-34H,11-12,18-24,26-27H2,1-10H3,(H,44,51)(H2,46,47,56)/t29-,31-,33+,34+/m0/s1. The maximum Gasteiger partial charge on any atom is 0.409 e. The molecule has 2 aliphatic rings. The van der Waals surface area contributed by atoms with Gasteiger partial charge in [0.05, 0.1) is 33.1 Å². The number of ether oxygens (including phenoxy) is 4. The predicted molar refractivity (Wildman–Crippen MR) is 230 cm³/mol. The molecule has 61 heavy (non-hydrogen) atoms. The number of unbranched alkanes of at least 4 members (excludes halogenated alkanes) is 1. The molecule has 0 aliphatic carbocycles. The first-order valence-corrected chi connectivity index (χ1v) is 22.7. The van der Waals surface area contributed by atoms with E-state index in [1.807, 2.05) is 42.2 Å². The van der Waals surface area contributed by atoms with Crippen molar-refractivity contribution < 1.29 is 47.5 Å². The number of aromatic nitrogens is 2. The minimum atomic E-state index is -4.31. The van der Waals surface area contributed by atoms with Crippen LogP contribution in [0.1, 0.15) is 78.2 Å². The quantitative estimate of drug-likeness (QED) is 0.0885. The van der Waals surface area contributed by atoms with Crippen LogP contribution in [-0.4, -0.2) is 147 Å². The number of carbonyl (C=O) groups excluding carboxylic acids is 5. The summed E-state index contributed by atoms with van der Waals surface area (Å²) in [6.07, 6.45) is 1.21. The number of hydrogen-bond acceptors (Lipinski definition) is 13. The van der Waals surface area contributed by atoms with Crippen molar-refractivity contribution in [1.29, 1.82) is 0 Å². The molecular formula is C42H65N8O10P. The molecule has 4 rings (SSSR count). The highest BCUT2D eigenvalue weighted by atomic mass is 31.2. The lowest BCUT2D eigenvalue weighted by Gasteiger charge is -2.39. The third kappa shape index (κ3) is 13.4. The Kier molecular flexibility index (Phi) is 17.2. The first-order valence-electron chi connectivity index (χ1n) is 20.8. The van der Waals surface area contributed by atoms with Crippen LogP contribution in [0.4, 0.5) is 10.6 Å². The molecule has 18 nitrogen and oxygen atoms in total. The van der Waals surface area contributed by atoms with Gasteiger partial charge in [-0.1, -0.05) is 85.2 Å². The van der Waals surface area contributed by atoms with Crippen LogP contribution in [0, 0.1) is 10.8 Å². The molecule has 2 aromatic rings. The SMILES string of the molecule is CCCCOC(=O)N1CCN(C(=O)[C@H](CP(=O)(N[C@H](C(=O)OC)C(C)(C)C)N[C@H](C(=O)OC)C(C)(C)C)NC(=O)c2cc(N3CC[C@H](OC)C3)nc(-c3ccccc3)n2)CC1. The molecule has 3 N–H and O–H groups in total. The number of methoxy groups -OCH3 is 3. The van der Waals surface area contributed by atoms with E-state index in [4.69, 9.17) is 23.9 Å². The van der Waals surface area contributed by atoms with Gasteiger partial charge in [-0.2, -0.15) is 0 Å². The zero-order chi connectivity index (χ0) is 45.1. The Morgan fingerprint density at radius 1 is 0.836 bits per heavy atom. The van der Waals surface area contributed by atoms with Gasteiger partial charge in [0.15, 0.2) is 5.82 Å². The van der Waals surface area contributed by atoms with E-state index in [9.17, 15) is 24.0 Å². The third-order valence-electron chi connectivity index (χ3n) is 10.7. The van der Waals surface area contributed by atoms with Crippen LogP contribution >= 0.6 is 7.44 Å². The largest absolute Gasteiger partial charge is 0.468 e. The monoisotopic (exact) mass is 872 g/mol. The van der Waals surface area contributed by atoms with E-state index in [1.165, 1.54) is 24.0 Å². The topological polar surface area (TPSA) is 211 Å². The molecule has 2 fully saturated rings. The van der Waals surface area contributed by atoms with E-state index < -0.39 is 72.4 Å². The highest BCUT2D eigenvalue weighted by Crippen LogP contribution is 2.43. The summed E-state index contributed by atoms with van der Waals surface area (Å²) < 4.78 is 36.8. The van der Waals surface area contributed by atoms with Crippen LogP contribution in [0.2, 0.25) is 0 Å². The summed E-state index contributed by atoms with van der Waals surface area (Å²) in [6.45, 7) is 14.4. The van der Waals surface area contributed by atoms with Crippen LogP contribution in [0.5, 0.6) is 0 Å². The molecule has 0 radical (unpaired) electrons. The van der Waals surface area contributed by atoms with Gasteiger partial charge in [-0.15, -0.1) is 0 Å². The normalized spacial score (nSPS) is 17.6. The van der Waals surface area contributed by atoms with Crippen LogP contribution in [0.25, 0.3) is 11.4 Å². The van der Waals surface area contributed by atoms with Crippen LogP contribution in [0.15, 0.2) is 36.4 Å². The van der Waals surface area contributed by atoms with Crippen LogP contribution < -0.4 is 20.4 Å². The molecule has 0 spiro atoms. The van der Waals surface area contributed by atoms with Gasteiger partial charge in [-0.05, 0) is 23.7 Å². The van der Waals surface area contributed by atoms with Crippen molar-refractivity contribution >= 4 is 43.1 Å². The van der Waals surface area contributed by atoms with Gasteiger partial charge in [-0.25, -0.2) is 24.9 Å². The van der Waals surface area contributed by atoms with Crippen molar-refractivity contribution in [2.45, 2.75) is 92.0 Å². The molecule has 2 aliphatic heterocycles. The first-order chi connectivity index (χ1) is 28.7. The number of anilines is 1. The molecule has 2 saturated heterocycles. The molecule has 3 amide bonds. The summed E-state index contributed by atoms with van der Waals surface area (Å²) in [4.78, 5) is 83.1. The molecular weight excluding hydrogens is 807 g/mol. The van der Waals surface area contributed by atoms with E-state index >= 15 is 4.57 Å². The fraction of sp³-hybridized carbons (Fsp3) is 0.643. The van der Waals surface area contributed by atoms with Crippen LogP contribution in [-0.2, 0) is 37.9 Å².